The SMILES string of the molecule is Cc1ccc(C(=CC=CC(=C2C=CCC=C2)c2ccccc2)c2ccccc2)cc1. The fourth-order valence-electron chi connectivity index (χ4n) is 3.63. The van der Waals surface area contributed by atoms with Gasteiger partial charge in [0.25, 0.3) is 0 Å². The smallest absolute Gasteiger partial charge is 0.0111 e. The van der Waals surface area contributed by atoms with Gasteiger partial charge in [-0.3, -0.25) is 0 Å². The lowest BCUT2D eigenvalue weighted by molar-refractivity contribution is 1.34. The van der Waals surface area contributed by atoms with Gasteiger partial charge in [-0.1, -0.05) is 133 Å². The molecule has 146 valence electrons. The summed E-state index contributed by atoms with van der Waals surface area (Å²) in [5.41, 5.74) is 8.64. The van der Waals surface area contributed by atoms with E-state index >= 15 is 0 Å². The van der Waals surface area contributed by atoms with E-state index in [4.69, 9.17) is 0 Å². The van der Waals surface area contributed by atoms with E-state index in [-0.39, 0.29) is 0 Å². The Morgan fingerprint density at radius 3 is 1.87 bits per heavy atom. The Morgan fingerprint density at radius 2 is 1.23 bits per heavy atom. The zero-order valence-corrected chi connectivity index (χ0v) is 17.3. The van der Waals surface area contributed by atoms with E-state index < -0.39 is 0 Å². The molecule has 0 saturated carbocycles. The van der Waals surface area contributed by atoms with Gasteiger partial charge in [0.2, 0.25) is 0 Å². The van der Waals surface area contributed by atoms with Gasteiger partial charge >= 0.3 is 0 Å². The molecule has 3 aromatic rings. The van der Waals surface area contributed by atoms with Crippen molar-refractivity contribution in [1.29, 1.82) is 0 Å². The van der Waals surface area contributed by atoms with Gasteiger partial charge in [0.1, 0.15) is 0 Å². The maximum absolute atomic E-state index is 2.22. The molecule has 0 fully saturated rings. The minimum absolute atomic E-state index is 1.00. The first-order valence-corrected chi connectivity index (χ1v) is 10.4. The van der Waals surface area contributed by atoms with Crippen molar-refractivity contribution in [2.75, 3.05) is 0 Å². The quantitative estimate of drug-likeness (QED) is 0.390. The average Bonchev–Trinajstić information content (AvgIpc) is 2.82. The monoisotopic (exact) mass is 386 g/mol. The van der Waals surface area contributed by atoms with Crippen LogP contribution in [0, 0.1) is 6.92 Å². The van der Waals surface area contributed by atoms with Crippen molar-refractivity contribution in [1.82, 2.24) is 0 Å². The number of rotatable bonds is 5. The van der Waals surface area contributed by atoms with Gasteiger partial charge < -0.3 is 0 Å². The molecule has 1 aliphatic carbocycles. The minimum atomic E-state index is 1.00. The van der Waals surface area contributed by atoms with Gasteiger partial charge in [0, 0.05) is 0 Å². The van der Waals surface area contributed by atoms with E-state index in [1.807, 2.05) is 0 Å². The van der Waals surface area contributed by atoms with Crippen molar-refractivity contribution in [3.05, 3.63) is 155 Å². The van der Waals surface area contributed by atoms with E-state index in [0.29, 0.717) is 0 Å². The summed E-state index contributed by atoms with van der Waals surface area (Å²) in [6.45, 7) is 2.12. The Balaban J connectivity index is 1.76. The summed E-state index contributed by atoms with van der Waals surface area (Å²) >= 11 is 0. The highest BCUT2D eigenvalue weighted by Crippen LogP contribution is 2.27. The van der Waals surface area contributed by atoms with Crippen LogP contribution in [0.1, 0.15) is 28.7 Å². The van der Waals surface area contributed by atoms with Crippen LogP contribution in [-0.4, -0.2) is 0 Å². The van der Waals surface area contributed by atoms with Gasteiger partial charge in [-0.25, -0.2) is 0 Å². The predicted octanol–water partition coefficient (Wildman–Crippen LogP) is 7.95. The van der Waals surface area contributed by atoms with Gasteiger partial charge in [0.05, 0.1) is 0 Å². The van der Waals surface area contributed by atoms with Crippen molar-refractivity contribution in [2.45, 2.75) is 13.3 Å². The maximum Gasteiger partial charge on any atom is -0.0111 e. The summed E-state index contributed by atoms with van der Waals surface area (Å²) < 4.78 is 0. The van der Waals surface area contributed by atoms with Crippen molar-refractivity contribution in [3.63, 3.8) is 0 Å². The largest absolute Gasteiger partial charge is 0.0801 e. The van der Waals surface area contributed by atoms with Crippen LogP contribution in [0.25, 0.3) is 11.1 Å². The molecule has 0 aromatic heterocycles. The van der Waals surface area contributed by atoms with Crippen LogP contribution in [0.5, 0.6) is 0 Å². The summed E-state index contributed by atoms with van der Waals surface area (Å²) in [5, 5.41) is 0. The molecule has 0 bridgehead atoms. The topological polar surface area (TPSA) is 0 Å². The molecule has 0 heteroatoms. The average molecular weight is 387 g/mol. The van der Waals surface area contributed by atoms with Crippen LogP contribution >= 0.6 is 0 Å². The summed E-state index contributed by atoms with van der Waals surface area (Å²) in [6, 6.07) is 29.9. The van der Waals surface area contributed by atoms with Gasteiger partial charge in [-0.05, 0) is 46.8 Å². The molecule has 0 heterocycles. The third kappa shape index (κ3) is 4.85. The van der Waals surface area contributed by atoms with Crippen LogP contribution < -0.4 is 0 Å². The highest BCUT2D eigenvalue weighted by atomic mass is 14.1. The standard InChI is InChI=1S/C30H26/c1-24-20-22-28(23-21-24)30(27-16-9-4-10-17-27)19-11-18-29(25-12-5-2-6-13-25)26-14-7-3-8-15-26/h2,4-23H,3H2,1H3. The third-order valence-corrected chi connectivity index (χ3v) is 5.24. The summed E-state index contributed by atoms with van der Waals surface area (Å²) in [6.07, 6.45) is 16.5. The summed E-state index contributed by atoms with van der Waals surface area (Å²) in [4.78, 5) is 0. The molecule has 0 aliphatic heterocycles. The predicted molar refractivity (Wildman–Crippen MR) is 130 cm³/mol. The fourth-order valence-corrected chi connectivity index (χ4v) is 3.63. The Morgan fingerprint density at radius 1 is 0.667 bits per heavy atom. The second kappa shape index (κ2) is 9.71. The second-order valence-electron chi connectivity index (χ2n) is 7.45. The Hall–Kier alpha value is -3.64. The van der Waals surface area contributed by atoms with E-state index in [2.05, 4.69) is 134 Å². The zero-order valence-electron chi connectivity index (χ0n) is 17.3. The fraction of sp³-hybridized carbons (Fsp3) is 0.0667. The van der Waals surface area contributed by atoms with Crippen molar-refractivity contribution in [3.8, 4) is 0 Å². The molecular formula is C30H26. The number of hydrogen-bond acceptors (Lipinski definition) is 0. The van der Waals surface area contributed by atoms with Crippen LogP contribution in [-0.2, 0) is 0 Å². The Bertz CT molecular complexity index is 1110. The molecule has 0 nitrogen and oxygen atoms in total. The zero-order chi connectivity index (χ0) is 20.6. The van der Waals surface area contributed by atoms with E-state index in [1.54, 1.807) is 0 Å². The molecule has 1 aliphatic rings. The van der Waals surface area contributed by atoms with Gasteiger partial charge in [0.15, 0.2) is 0 Å². The number of hydrogen-bond donors (Lipinski definition) is 0. The van der Waals surface area contributed by atoms with Crippen LogP contribution in [0.3, 0.4) is 0 Å². The maximum atomic E-state index is 2.22. The molecule has 3 aromatic carbocycles. The second-order valence-corrected chi connectivity index (χ2v) is 7.45. The number of aryl methyl sites for hydroxylation is 1. The van der Waals surface area contributed by atoms with Crippen molar-refractivity contribution >= 4 is 11.1 Å². The molecule has 0 unspecified atom stereocenters. The molecule has 4 rings (SSSR count). The molecule has 0 amide bonds. The lowest BCUT2D eigenvalue weighted by atomic mass is 9.94. The summed E-state index contributed by atoms with van der Waals surface area (Å²) in [5.74, 6) is 0. The van der Waals surface area contributed by atoms with E-state index in [9.17, 15) is 0 Å². The van der Waals surface area contributed by atoms with Crippen LogP contribution in [0.2, 0.25) is 0 Å². The van der Waals surface area contributed by atoms with Gasteiger partial charge in [-0.15, -0.1) is 0 Å². The minimum Gasteiger partial charge on any atom is -0.0801 e. The van der Waals surface area contributed by atoms with Gasteiger partial charge in [-0.2, -0.15) is 0 Å². The molecule has 30 heavy (non-hydrogen) atoms. The normalized spacial score (nSPS) is 13.8. The van der Waals surface area contributed by atoms with E-state index in [0.717, 1.165) is 6.42 Å². The molecule has 0 N–H and O–H groups in total. The first-order valence-electron chi connectivity index (χ1n) is 10.4. The number of allylic oxidation sites excluding steroid dienone is 9. The first kappa shape index (κ1) is 19.7. The van der Waals surface area contributed by atoms with E-state index in [1.165, 1.54) is 39.0 Å². The lowest BCUT2D eigenvalue weighted by Crippen LogP contribution is -1.89. The highest BCUT2D eigenvalue weighted by molar-refractivity contribution is 5.84. The van der Waals surface area contributed by atoms with Crippen molar-refractivity contribution in [2.24, 2.45) is 0 Å². The highest BCUT2D eigenvalue weighted by Gasteiger charge is 2.06. The van der Waals surface area contributed by atoms with Crippen LogP contribution in [0.15, 0.2) is 133 Å². The summed E-state index contributed by atoms with van der Waals surface area (Å²) in [7, 11) is 0. The molecule has 0 spiro atoms. The Kier molecular flexibility index (Phi) is 6.37. The molecule has 0 saturated heterocycles. The molecule has 0 radical (unpaired) electrons. The van der Waals surface area contributed by atoms with Crippen molar-refractivity contribution < 1.29 is 0 Å². The molecular weight excluding hydrogens is 360 g/mol. The molecule has 0 atom stereocenters. The van der Waals surface area contributed by atoms with Crippen LogP contribution in [0.4, 0.5) is 0 Å². The Labute approximate surface area is 179 Å². The first-order chi connectivity index (χ1) is 14.8. The number of benzene rings is 3. The third-order valence-electron chi connectivity index (χ3n) is 5.24. The lowest BCUT2D eigenvalue weighted by Gasteiger charge is -2.10.